The van der Waals surface area contributed by atoms with Crippen molar-refractivity contribution in [2.75, 3.05) is 18.4 Å². The summed E-state index contributed by atoms with van der Waals surface area (Å²) >= 11 is 0. The minimum Gasteiger partial charge on any atom is -0.488 e. The van der Waals surface area contributed by atoms with Gasteiger partial charge in [-0.1, -0.05) is 17.7 Å². The van der Waals surface area contributed by atoms with E-state index in [0.29, 0.717) is 30.8 Å². The number of hydrogen-bond acceptors (Lipinski definition) is 4. The van der Waals surface area contributed by atoms with Gasteiger partial charge in [0.1, 0.15) is 23.7 Å². The van der Waals surface area contributed by atoms with Crippen molar-refractivity contribution >= 4 is 28.4 Å². The number of amides is 2. The third-order valence-electron chi connectivity index (χ3n) is 6.08. The molecule has 0 unspecified atom stereocenters. The van der Waals surface area contributed by atoms with Crippen LogP contribution in [0.1, 0.15) is 34.5 Å². The first kappa shape index (κ1) is 19.6. The number of carbonyl (C=O) groups excluding carboxylic acids is 2. The fraction of sp³-hybridized carbons (Fsp3) is 0.333. The van der Waals surface area contributed by atoms with Crippen LogP contribution >= 0.6 is 0 Å². The van der Waals surface area contributed by atoms with Gasteiger partial charge in [-0.3, -0.25) is 9.59 Å². The highest BCUT2D eigenvalue weighted by Crippen LogP contribution is 2.29. The summed E-state index contributed by atoms with van der Waals surface area (Å²) in [6.07, 6.45) is 0.531. The lowest BCUT2D eigenvalue weighted by molar-refractivity contribution is -0.116. The number of β-amino-alcohol motifs (C(OH)–C–C–N with tert-alkyl or cyclic N) is 1. The Kier molecular flexibility index (Phi) is 4.90. The number of hydrogen-bond donors (Lipinski definition) is 3. The molecule has 2 aromatic carbocycles. The van der Waals surface area contributed by atoms with Crippen molar-refractivity contribution in [3.05, 3.63) is 59.3 Å². The van der Waals surface area contributed by atoms with Crippen LogP contribution in [0.4, 0.5) is 5.69 Å². The molecule has 2 amide bonds. The predicted octanol–water partition coefficient (Wildman–Crippen LogP) is 3.02. The normalized spacial score (nSPS) is 21.0. The lowest BCUT2D eigenvalue weighted by Gasteiger charge is -2.36. The van der Waals surface area contributed by atoms with E-state index in [9.17, 15) is 14.7 Å². The Balaban J connectivity index is 1.25. The van der Waals surface area contributed by atoms with Crippen LogP contribution < -0.4 is 10.1 Å². The maximum atomic E-state index is 13.0. The van der Waals surface area contributed by atoms with Gasteiger partial charge in [0.15, 0.2) is 0 Å². The van der Waals surface area contributed by atoms with Crippen LogP contribution in [-0.4, -0.2) is 52.1 Å². The number of aromatic amines is 1. The summed E-state index contributed by atoms with van der Waals surface area (Å²) in [4.78, 5) is 29.4. The largest absolute Gasteiger partial charge is 0.488 e. The Morgan fingerprint density at radius 1 is 1.16 bits per heavy atom. The van der Waals surface area contributed by atoms with Gasteiger partial charge in [0, 0.05) is 42.0 Å². The van der Waals surface area contributed by atoms with Crippen molar-refractivity contribution in [1.82, 2.24) is 9.88 Å². The first-order valence-electron chi connectivity index (χ1n) is 10.6. The van der Waals surface area contributed by atoms with Gasteiger partial charge in [0.2, 0.25) is 5.91 Å². The average Bonchev–Trinajstić information content (AvgIpc) is 3.17. The zero-order valence-corrected chi connectivity index (χ0v) is 17.4. The summed E-state index contributed by atoms with van der Waals surface area (Å²) in [5, 5.41) is 14.5. The predicted molar refractivity (Wildman–Crippen MR) is 117 cm³/mol. The number of likely N-dealkylation sites (tertiary alicyclic amines) is 1. The molecule has 3 aromatic rings. The Morgan fingerprint density at radius 3 is 2.87 bits per heavy atom. The molecule has 0 aliphatic carbocycles. The number of ether oxygens (including phenoxy) is 1. The number of nitrogens with one attached hydrogen (secondary N) is 2. The number of aliphatic hydroxyl groups excluding tert-OH is 1. The Morgan fingerprint density at radius 2 is 2.03 bits per heavy atom. The number of benzene rings is 2. The molecule has 1 fully saturated rings. The average molecular weight is 419 g/mol. The van der Waals surface area contributed by atoms with Crippen LogP contribution in [0.2, 0.25) is 0 Å². The molecule has 0 spiro atoms. The lowest BCUT2D eigenvalue weighted by Crippen LogP contribution is -2.51. The molecule has 160 valence electrons. The van der Waals surface area contributed by atoms with Crippen molar-refractivity contribution in [2.24, 2.45) is 0 Å². The number of piperidine rings is 1. The smallest absolute Gasteiger partial charge is 0.270 e. The first-order chi connectivity index (χ1) is 15.0. The van der Waals surface area contributed by atoms with Gasteiger partial charge in [0.25, 0.3) is 5.91 Å². The number of fused-ring (bicyclic) bond motifs is 2. The number of anilines is 1. The molecular formula is C24H25N3O4. The van der Waals surface area contributed by atoms with Crippen molar-refractivity contribution in [2.45, 2.75) is 38.4 Å². The minimum absolute atomic E-state index is 0.00337. The van der Waals surface area contributed by atoms with E-state index < -0.39 is 12.2 Å². The van der Waals surface area contributed by atoms with Crippen LogP contribution in [0.25, 0.3) is 10.9 Å². The summed E-state index contributed by atoms with van der Waals surface area (Å²) in [6.45, 7) is 2.72. The van der Waals surface area contributed by atoms with E-state index >= 15 is 0 Å². The van der Waals surface area contributed by atoms with Crippen LogP contribution in [0.3, 0.4) is 0 Å². The maximum Gasteiger partial charge on any atom is 0.270 e. The topological polar surface area (TPSA) is 94.7 Å². The van der Waals surface area contributed by atoms with E-state index in [0.717, 1.165) is 34.1 Å². The molecule has 0 saturated carbocycles. The Hall–Kier alpha value is -3.32. The van der Waals surface area contributed by atoms with Gasteiger partial charge in [-0.15, -0.1) is 0 Å². The van der Waals surface area contributed by atoms with Gasteiger partial charge in [-0.25, -0.2) is 0 Å². The number of rotatable bonds is 3. The molecular weight excluding hydrogens is 394 g/mol. The molecule has 7 heteroatoms. The number of aliphatic hydroxyl groups is 1. The zero-order chi connectivity index (χ0) is 21.5. The Labute approximate surface area is 180 Å². The third kappa shape index (κ3) is 3.88. The van der Waals surface area contributed by atoms with Crippen molar-refractivity contribution in [3.63, 3.8) is 0 Å². The van der Waals surface area contributed by atoms with Crippen molar-refractivity contribution < 1.29 is 19.4 Å². The van der Waals surface area contributed by atoms with E-state index in [4.69, 9.17) is 4.74 Å². The number of aryl methyl sites for hydroxylation is 2. The molecule has 31 heavy (non-hydrogen) atoms. The number of aromatic nitrogens is 1. The Bertz CT molecular complexity index is 1170. The number of nitrogens with zero attached hydrogens (tertiary/aromatic N) is 1. The molecule has 3 N–H and O–H groups in total. The summed E-state index contributed by atoms with van der Waals surface area (Å²) in [5.41, 5.74) is 4.44. The van der Waals surface area contributed by atoms with Gasteiger partial charge >= 0.3 is 0 Å². The van der Waals surface area contributed by atoms with Gasteiger partial charge in [-0.05, 0) is 43.2 Å². The minimum atomic E-state index is -0.796. The second-order valence-electron chi connectivity index (χ2n) is 8.40. The second-order valence-corrected chi connectivity index (χ2v) is 8.40. The van der Waals surface area contributed by atoms with E-state index in [2.05, 4.69) is 10.3 Å². The highest BCUT2D eigenvalue weighted by molar-refractivity contribution is 5.98. The monoisotopic (exact) mass is 419 g/mol. The molecule has 0 radical (unpaired) electrons. The van der Waals surface area contributed by atoms with Crippen LogP contribution in [-0.2, 0) is 11.2 Å². The van der Waals surface area contributed by atoms with Gasteiger partial charge in [0.05, 0.1) is 6.54 Å². The summed E-state index contributed by atoms with van der Waals surface area (Å²) in [5.74, 6) is 0.488. The SMILES string of the molecule is Cc1ccc2[nH]c(C(=O)N3CC[C@@H](Oc4ccc5c(c4)NC(=O)CC5)[C@H](O)C3)cc2c1. The standard InChI is InChI=1S/C24H25N3O4/c1-14-2-6-18-16(10-14)11-20(25-18)24(30)27-9-8-22(21(28)13-27)31-17-5-3-15-4-7-23(29)26-19(15)12-17/h2-3,5-6,10-12,21-22,25,28H,4,7-9,13H2,1H3,(H,26,29)/t21-,22-/m1/s1. The molecule has 2 aliphatic heterocycles. The highest BCUT2D eigenvalue weighted by atomic mass is 16.5. The zero-order valence-electron chi connectivity index (χ0n) is 17.4. The van der Waals surface area contributed by atoms with E-state index in [1.807, 2.05) is 49.4 Å². The van der Waals surface area contributed by atoms with Crippen LogP contribution in [0.5, 0.6) is 5.75 Å². The molecule has 0 bridgehead atoms. The summed E-state index contributed by atoms with van der Waals surface area (Å²) in [7, 11) is 0. The summed E-state index contributed by atoms with van der Waals surface area (Å²) < 4.78 is 6.02. The van der Waals surface area contributed by atoms with E-state index in [-0.39, 0.29) is 18.4 Å². The number of carbonyl (C=O) groups is 2. The molecule has 3 heterocycles. The van der Waals surface area contributed by atoms with Crippen LogP contribution in [0, 0.1) is 6.92 Å². The maximum absolute atomic E-state index is 13.0. The molecule has 7 nitrogen and oxygen atoms in total. The van der Waals surface area contributed by atoms with Crippen molar-refractivity contribution in [1.29, 1.82) is 0 Å². The third-order valence-corrected chi connectivity index (χ3v) is 6.08. The van der Waals surface area contributed by atoms with Gasteiger partial charge < -0.3 is 25.0 Å². The first-order valence-corrected chi connectivity index (χ1v) is 10.6. The fourth-order valence-corrected chi connectivity index (χ4v) is 4.37. The molecule has 2 aliphatic rings. The number of H-pyrrole nitrogens is 1. The fourth-order valence-electron chi connectivity index (χ4n) is 4.37. The molecule has 1 aromatic heterocycles. The summed E-state index contributed by atoms with van der Waals surface area (Å²) in [6, 6.07) is 13.5. The highest BCUT2D eigenvalue weighted by Gasteiger charge is 2.32. The molecule has 1 saturated heterocycles. The second kappa shape index (κ2) is 7.74. The lowest BCUT2D eigenvalue weighted by atomic mass is 10.0. The van der Waals surface area contributed by atoms with E-state index in [1.54, 1.807) is 4.90 Å². The molecule has 5 rings (SSSR count). The van der Waals surface area contributed by atoms with Gasteiger partial charge in [-0.2, -0.15) is 0 Å². The van der Waals surface area contributed by atoms with Crippen molar-refractivity contribution in [3.8, 4) is 5.75 Å². The van der Waals surface area contributed by atoms with Crippen LogP contribution in [0.15, 0.2) is 42.5 Å². The quantitative estimate of drug-likeness (QED) is 0.608. The molecule has 2 atom stereocenters. The van der Waals surface area contributed by atoms with E-state index in [1.165, 1.54) is 0 Å².